The highest BCUT2D eigenvalue weighted by molar-refractivity contribution is 5.94. The first-order valence-electron chi connectivity index (χ1n) is 6.71. The minimum atomic E-state index is -0.320. The lowest BCUT2D eigenvalue weighted by atomic mass is 10.1. The van der Waals surface area contributed by atoms with Gasteiger partial charge in [0.15, 0.2) is 0 Å². The molecule has 1 aromatic carbocycles. The van der Waals surface area contributed by atoms with Crippen molar-refractivity contribution in [1.29, 1.82) is 0 Å². The predicted molar refractivity (Wildman–Crippen MR) is 79.4 cm³/mol. The summed E-state index contributed by atoms with van der Waals surface area (Å²) in [6.45, 7) is 0.317. The molecule has 0 bridgehead atoms. The fraction of sp³-hybridized carbons (Fsp3) is 0.0625. The molecule has 0 saturated carbocycles. The smallest absolute Gasteiger partial charge is 0.253 e. The van der Waals surface area contributed by atoms with Crippen LogP contribution in [0.2, 0.25) is 0 Å². The third-order valence-electron chi connectivity index (χ3n) is 3.12. The average molecular weight is 296 g/mol. The SMILES string of the molecule is O=C(NCc1ncc[nH]1)c1ccc(-c2cccc(F)c2)nc1. The van der Waals surface area contributed by atoms with Gasteiger partial charge in [0.2, 0.25) is 0 Å². The molecule has 0 spiro atoms. The number of halogens is 1. The summed E-state index contributed by atoms with van der Waals surface area (Å²) in [7, 11) is 0. The molecule has 0 saturated heterocycles. The normalized spacial score (nSPS) is 10.4. The maximum atomic E-state index is 13.2. The molecule has 0 aliphatic rings. The molecule has 22 heavy (non-hydrogen) atoms. The molecule has 0 unspecified atom stereocenters. The van der Waals surface area contributed by atoms with Crippen molar-refractivity contribution in [3.05, 3.63) is 72.2 Å². The van der Waals surface area contributed by atoms with E-state index < -0.39 is 0 Å². The van der Waals surface area contributed by atoms with E-state index in [2.05, 4.69) is 20.3 Å². The Morgan fingerprint density at radius 3 is 2.82 bits per heavy atom. The summed E-state index contributed by atoms with van der Waals surface area (Å²) < 4.78 is 13.2. The number of imidazole rings is 1. The van der Waals surface area contributed by atoms with Gasteiger partial charge in [-0.2, -0.15) is 0 Å². The van der Waals surface area contributed by atoms with Gasteiger partial charge in [0.25, 0.3) is 5.91 Å². The molecule has 2 N–H and O–H groups in total. The first-order valence-corrected chi connectivity index (χ1v) is 6.71. The summed E-state index contributed by atoms with van der Waals surface area (Å²) >= 11 is 0. The molecule has 0 aliphatic carbocycles. The first-order chi connectivity index (χ1) is 10.7. The van der Waals surface area contributed by atoms with Crippen LogP contribution in [0, 0.1) is 5.82 Å². The number of nitrogens with zero attached hydrogens (tertiary/aromatic N) is 2. The number of pyridine rings is 1. The number of rotatable bonds is 4. The molecule has 3 rings (SSSR count). The lowest BCUT2D eigenvalue weighted by Crippen LogP contribution is -2.23. The third kappa shape index (κ3) is 3.17. The van der Waals surface area contributed by atoms with Gasteiger partial charge in [-0.1, -0.05) is 12.1 Å². The summed E-state index contributed by atoms with van der Waals surface area (Å²) in [5, 5.41) is 2.74. The van der Waals surface area contributed by atoms with E-state index in [-0.39, 0.29) is 11.7 Å². The maximum Gasteiger partial charge on any atom is 0.253 e. The summed E-state index contributed by atoms with van der Waals surface area (Å²) in [5.41, 5.74) is 1.72. The minimum absolute atomic E-state index is 0.241. The number of hydrogen-bond acceptors (Lipinski definition) is 3. The van der Waals surface area contributed by atoms with Crippen molar-refractivity contribution in [1.82, 2.24) is 20.3 Å². The quantitative estimate of drug-likeness (QED) is 0.777. The Labute approximate surface area is 126 Å². The van der Waals surface area contributed by atoms with Crippen molar-refractivity contribution in [2.24, 2.45) is 0 Å². The molecule has 0 radical (unpaired) electrons. The second-order valence-corrected chi connectivity index (χ2v) is 4.66. The molecule has 3 aromatic rings. The molecule has 0 fully saturated rings. The van der Waals surface area contributed by atoms with E-state index in [1.165, 1.54) is 18.3 Å². The van der Waals surface area contributed by atoms with Crippen molar-refractivity contribution in [3.8, 4) is 11.3 Å². The van der Waals surface area contributed by atoms with Gasteiger partial charge in [0.05, 0.1) is 17.8 Å². The Morgan fingerprint density at radius 2 is 2.14 bits per heavy atom. The number of benzene rings is 1. The summed E-state index contributed by atoms with van der Waals surface area (Å²) in [4.78, 5) is 23.1. The van der Waals surface area contributed by atoms with E-state index in [0.717, 1.165) is 0 Å². The summed E-state index contributed by atoms with van der Waals surface area (Å²) in [6, 6.07) is 9.51. The van der Waals surface area contributed by atoms with Gasteiger partial charge in [-0.15, -0.1) is 0 Å². The van der Waals surface area contributed by atoms with Crippen LogP contribution >= 0.6 is 0 Å². The lowest BCUT2D eigenvalue weighted by Gasteiger charge is -2.05. The second-order valence-electron chi connectivity index (χ2n) is 4.66. The second kappa shape index (κ2) is 6.17. The van der Waals surface area contributed by atoms with E-state index in [4.69, 9.17) is 0 Å². The van der Waals surface area contributed by atoms with Gasteiger partial charge in [0.1, 0.15) is 11.6 Å². The Kier molecular flexibility index (Phi) is 3.91. The number of carbonyl (C=O) groups is 1. The molecular formula is C16H13FN4O. The first kappa shape index (κ1) is 13.9. The molecule has 110 valence electrons. The van der Waals surface area contributed by atoms with Gasteiger partial charge in [0, 0.05) is 24.2 Å². The van der Waals surface area contributed by atoms with Crippen LogP contribution in [0.4, 0.5) is 4.39 Å². The number of aromatic nitrogens is 3. The van der Waals surface area contributed by atoms with Crippen LogP contribution < -0.4 is 5.32 Å². The van der Waals surface area contributed by atoms with Crippen LogP contribution in [-0.2, 0) is 6.54 Å². The minimum Gasteiger partial charge on any atom is -0.347 e. The molecule has 0 atom stereocenters. The van der Waals surface area contributed by atoms with Gasteiger partial charge in [-0.3, -0.25) is 9.78 Å². The zero-order chi connectivity index (χ0) is 15.4. The molecular weight excluding hydrogens is 283 g/mol. The van der Waals surface area contributed by atoms with Crippen molar-refractivity contribution in [3.63, 3.8) is 0 Å². The van der Waals surface area contributed by atoms with E-state index in [0.29, 0.717) is 29.2 Å². The van der Waals surface area contributed by atoms with Crippen LogP contribution in [0.25, 0.3) is 11.3 Å². The standard InChI is InChI=1S/C16H13FN4O/c17-13-3-1-2-11(8-13)14-5-4-12(9-20-14)16(22)21-10-15-18-6-7-19-15/h1-9H,10H2,(H,18,19)(H,21,22). The van der Waals surface area contributed by atoms with Crippen molar-refractivity contribution in [2.45, 2.75) is 6.54 Å². The Balaban J connectivity index is 1.69. The van der Waals surface area contributed by atoms with Crippen LogP contribution in [0.3, 0.4) is 0 Å². The maximum absolute atomic E-state index is 13.2. The molecule has 6 heteroatoms. The topological polar surface area (TPSA) is 70.7 Å². The summed E-state index contributed by atoms with van der Waals surface area (Å²) in [5.74, 6) is 0.118. The van der Waals surface area contributed by atoms with E-state index >= 15 is 0 Å². The Morgan fingerprint density at radius 1 is 1.23 bits per heavy atom. The van der Waals surface area contributed by atoms with Crippen LogP contribution in [0.5, 0.6) is 0 Å². The number of nitrogens with one attached hydrogen (secondary N) is 2. The highest BCUT2D eigenvalue weighted by Gasteiger charge is 2.07. The van der Waals surface area contributed by atoms with Gasteiger partial charge < -0.3 is 10.3 Å². The third-order valence-corrected chi connectivity index (χ3v) is 3.12. The zero-order valence-electron chi connectivity index (χ0n) is 11.6. The van der Waals surface area contributed by atoms with E-state index in [9.17, 15) is 9.18 Å². The van der Waals surface area contributed by atoms with E-state index in [1.54, 1.807) is 36.7 Å². The Hall–Kier alpha value is -3.02. The van der Waals surface area contributed by atoms with Gasteiger partial charge in [-0.25, -0.2) is 9.37 Å². The lowest BCUT2D eigenvalue weighted by molar-refractivity contribution is 0.0949. The predicted octanol–water partition coefficient (Wildman–Crippen LogP) is 2.54. The van der Waals surface area contributed by atoms with Crippen LogP contribution in [-0.4, -0.2) is 20.9 Å². The van der Waals surface area contributed by atoms with Crippen LogP contribution in [0.1, 0.15) is 16.2 Å². The Bertz CT molecular complexity index is 769. The highest BCUT2D eigenvalue weighted by Crippen LogP contribution is 2.17. The number of amides is 1. The zero-order valence-corrected chi connectivity index (χ0v) is 11.6. The fourth-order valence-corrected chi connectivity index (χ4v) is 2.01. The van der Waals surface area contributed by atoms with Crippen molar-refractivity contribution < 1.29 is 9.18 Å². The number of carbonyl (C=O) groups excluding carboxylic acids is 1. The van der Waals surface area contributed by atoms with Crippen molar-refractivity contribution in [2.75, 3.05) is 0 Å². The largest absolute Gasteiger partial charge is 0.347 e. The molecule has 0 aliphatic heterocycles. The van der Waals surface area contributed by atoms with Gasteiger partial charge >= 0.3 is 0 Å². The number of hydrogen-bond donors (Lipinski definition) is 2. The molecule has 2 heterocycles. The number of H-pyrrole nitrogens is 1. The monoisotopic (exact) mass is 296 g/mol. The highest BCUT2D eigenvalue weighted by atomic mass is 19.1. The van der Waals surface area contributed by atoms with Crippen molar-refractivity contribution >= 4 is 5.91 Å². The van der Waals surface area contributed by atoms with Gasteiger partial charge in [-0.05, 0) is 24.3 Å². The molecule has 1 amide bonds. The average Bonchev–Trinajstić information content (AvgIpc) is 3.06. The number of aromatic amines is 1. The molecule has 5 nitrogen and oxygen atoms in total. The fourth-order valence-electron chi connectivity index (χ4n) is 2.01. The summed E-state index contributed by atoms with van der Waals surface area (Å²) in [6.07, 6.45) is 4.78. The molecule has 2 aromatic heterocycles. The van der Waals surface area contributed by atoms with E-state index in [1.807, 2.05) is 0 Å². The van der Waals surface area contributed by atoms with Crippen LogP contribution in [0.15, 0.2) is 55.0 Å².